The molecule has 2 amide bonds. The second-order valence-corrected chi connectivity index (χ2v) is 5.90. The molecule has 0 aromatic heterocycles. The third kappa shape index (κ3) is 3.54. The molecule has 0 aliphatic carbocycles. The van der Waals surface area contributed by atoms with Crippen LogP contribution in [0.2, 0.25) is 5.02 Å². The number of amides is 2. The highest BCUT2D eigenvalue weighted by atomic mass is 35.5. The molecule has 1 heterocycles. The molecule has 0 radical (unpaired) electrons. The first kappa shape index (κ1) is 15.6. The standard InChI is InChI=1S/C18H17ClN2O2/c19-15-7-5-13(6-8-15)9-11-20-17(22)18(23)21-12-10-14-3-1-2-4-16(14)21/h1-8H,9-12H2,(H,20,22). The van der Waals surface area contributed by atoms with E-state index < -0.39 is 11.8 Å². The number of nitrogens with one attached hydrogen (secondary N) is 1. The fraction of sp³-hybridized carbons (Fsp3) is 0.222. The van der Waals surface area contributed by atoms with E-state index in [1.54, 1.807) is 4.90 Å². The largest absolute Gasteiger partial charge is 0.347 e. The Morgan fingerprint density at radius 3 is 2.61 bits per heavy atom. The molecule has 118 valence electrons. The number of anilines is 1. The minimum Gasteiger partial charge on any atom is -0.347 e. The van der Waals surface area contributed by atoms with E-state index in [0.29, 0.717) is 24.5 Å². The van der Waals surface area contributed by atoms with Crippen LogP contribution in [-0.4, -0.2) is 24.9 Å². The molecule has 0 spiro atoms. The van der Waals surface area contributed by atoms with Crippen LogP contribution in [0.15, 0.2) is 48.5 Å². The number of hydrogen-bond donors (Lipinski definition) is 1. The highest BCUT2D eigenvalue weighted by molar-refractivity contribution is 6.40. The zero-order valence-corrected chi connectivity index (χ0v) is 13.3. The second-order valence-electron chi connectivity index (χ2n) is 5.47. The number of halogens is 1. The van der Waals surface area contributed by atoms with E-state index in [4.69, 9.17) is 11.6 Å². The maximum Gasteiger partial charge on any atom is 0.316 e. The van der Waals surface area contributed by atoms with E-state index in [9.17, 15) is 9.59 Å². The lowest BCUT2D eigenvalue weighted by atomic mass is 10.1. The summed E-state index contributed by atoms with van der Waals surface area (Å²) in [7, 11) is 0. The lowest BCUT2D eigenvalue weighted by Crippen LogP contribution is -2.43. The van der Waals surface area contributed by atoms with Gasteiger partial charge in [-0.3, -0.25) is 9.59 Å². The van der Waals surface area contributed by atoms with Crippen molar-refractivity contribution in [3.63, 3.8) is 0 Å². The van der Waals surface area contributed by atoms with Gasteiger partial charge in [0.1, 0.15) is 0 Å². The van der Waals surface area contributed by atoms with E-state index >= 15 is 0 Å². The summed E-state index contributed by atoms with van der Waals surface area (Å²) in [4.78, 5) is 25.9. The number of hydrogen-bond acceptors (Lipinski definition) is 2. The molecule has 1 aliphatic heterocycles. The van der Waals surface area contributed by atoms with Gasteiger partial charge in [-0.2, -0.15) is 0 Å². The lowest BCUT2D eigenvalue weighted by molar-refractivity contribution is -0.137. The predicted octanol–water partition coefficient (Wildman–Crippen LogP) is 2.59. The number of benzene rings is 2. The molecule has 5 heteroatoms. The molecule has 1 N–H and O–H groups in total. The van der Waals surface area contributed by atoms with Crippen molar-refractivity contribution >= 4 is 29.1 Å². The smallest absolute Gasteiger partial charge is 0.316 e. The molecule has 0 bridgehead atoms. The van der Waals surface area contributed by atoms with Gasteiger partial charge in [0.2, 0.25) is 0 Å². The van der Waals surface area contributed by atoms with Gasteiger partial charge in [-0.1, -0.05) is 41.9 Å². The monoisotopic (exact) mass is 328 g/mol. The molecule has 0 saturated carbocycles. The normalized spacial score (nSPS) is 12.8. The Hall–Kier alpha value is -2.33. The Bertz CT molecular complexity index is 728. The Kier molecular flexibility index (Phi) is 4.63. The summed E-state index contributed by atoms with van der Waals surface area (Å²) >= 11 is 5.83. The van der Waals surface area contributed by atoms with E-state index in [0.717, 1.165) is 23.2 Å². The lowest BCUT2D eigenvalue weighted by Gasteiger charge is -2.16. The molecule has 1 aliphatic rings. The van der Waals surface area contributed by atoms with Crippen LogP contribution in [-0.2, 0) is 22.4 Å². The van der Waals surface area contributed by atoms with E-state index in [-0.39, 0.29) is 0 Å². The van der Waals surface area contributed by atoms with Crippen molar-refractivity contribution in [1.29, 1.82) is 0 Å². The number of carbonyl (C=O) groups excluding carboxylic acids is 2. The molecule has 0 fully saturated rings. The molecule has 0 unspecified atom stereocenters. The Morgan fingerprint density at radius 2 is 1.83 bits per heavy atom. The van der Waals surface area contributed by atoms with Crippen molar-refractivity contribution in [1.82, 2.24) is 5.32 Å². The zero-order valence-electron chi connectivity index (χ0n) is 12.6. The molecular weight excluding hydrogens is 312 g/mol. The van der Waals surface area contributed by atoms with Gasteiger partial charge in [0.15, 0.2) is 0 Å². The first-order chi connectivity index (χ1) is 11.1. The van der Waals surface area contributed by atoms with Gasteiger partial charge in [0, 0.05) is 23.8 Å². The van der Waals surface area contributed by atoms with Crippen molar-refractivity contribution in [3.05, 3.63) is 64.7 Å². The molecule has 0 saturated heterocycles. The summed E-state index contributed by atoms with van der Waals surface area (Å²) in [6.45, 7) is 0.977. The van der Waals surface area contributed by atoms with Crippen LogP contribution in [0.4, 0.5) is 5.69 Å². The molecule has 2 aromatic carbocycles. The van der Waals surface area contributed by atoms with Crippen LogP contribution in [0, 0.1) is 0 Å². The van der Waals surface area contributed by atoms with Gasteiger partial charge >= 0.3 is 11.8 Å². The second kappa shape index (κ2) is 6.84. The molecule has 3 rings (SSSR count). The maximum atomic E-state index is 12.3. The number of rotatable bonds is 3. The first-order valence-corrected chi connectivity index (χ1v) is 7.95. The van der Waals surface area contributed by atoms with Crippen LogP contribution in [0.5, 0.6) is 0 Å². The molecule has 2 aromatic rings. The Balaban J connectivity index is 1.54. The van der Waals surface area contributed by atoms with Crippen molar-refractivity contribution in [3.8, 4) is 0 Å². The predicted molar refractivity (Wildman–Crippen MR) is 90.7 cm³/mol. The van der Waals surface area contributed by atoms with Gasteiger partial charge in [-0.05, 0) is 42.2 Å². The SMILES string of the molecule is O=C(NCCc1ccc(Cl)cc1)C(=O)N1CCc2ccccc21. The summed E-state index contributed by atoms with van der Waals surface area (Å²) in [6.07, 6.45) is 1.45. The Morgan fingerprint density at radius 1 is 1.09 bits per heavy atom. The summed E-state index contributed by atoms with van der Waals surface area (Å²) in [5.41, 5.74) is 3.01. The summed E-state index contributed by atoms with van der Waals surface area (Å²) in [6, 6.07) is 15.1. The highest BCUT2D eigenvalue weighted by Gasteiger charge is 2.28. The van der Waals surface area contributed by atoms with Crippen LogP contribution >= 0.6 is 11.6 Å². The van der Waals surface area contributed by atoms with Crippen molar-refractivity contribution in [2.45, 2.75) is 12.8 Å². The highest BCUT2D eigenvalue weighted by Crippen LogP contribution is 2.27. The van der Waals surface area contributed by atoms with Crippen LogP contribution in [0.25, 0.3) is 0 Å². The fourth-order valence-electron chi connectivity index (χ4n) is 2.72. The summed E-state index contributed by atoms with van der Waals surface area (Å²) in [5.74, 6) is -1.05. The van der Waals surface area contributed by atoms with Crippen molar-refractivity contribution in [2.75, 3.05) is 18.0 Å². The van der Waals surface area contributed by atoms with Crippen LogP contribution in [0.1, 0.15) is 11.1 Å². The van der Waals surface area contributed by atoms with Crippen molar-refractivity contribution < 1.29 is 9.59 Å². The van der Waals surface area contributed by atoms with E-state index in [1.165, 1.54) is 0 Å². The average molecular weight is 329 g/mol. The minimum atomic E-state index is -0.560. The van der Waals surface area contributed by atoms with Gasteiger partial charge in [0.05, 0.1) is 0 Å². The van der Waals surface area contributed by atoms with Crippen molar-refractivity contribution in [2.24, 2.45) is 0 Å². The average Bonchev–Trinajstić information content (AvgIpc) is 3.00. The first-order valence-electron chi connectivity index (χ1n) is 7.57. The minimum absolute atomic E-state index is 0.418. The molecular formula is C18H17ClN2O2. The van der Waals surface area contributed by atoms with Gasteiger partial charge in [-0.25, -0.2) is 0 Å². The zero-order chi connectivity index (χ0) is 16.2. The summed E-state index contributed by atoms with van der Waals surface area (Å²) < 4.78 is 0. The van der Waals surface area contributed by atoms with E-state index in [2.05, 4.69) is 5.32 Å². The van der Waals surface area contributed by atoms with Gasteiger partial charge < -0.3 is 10.2 Å². The van der Waals surface area contributed by atoms with Gasteiger partial charge in [0.25, 0.3) is 0 Å². The third-order valence-corrected chi connectivity index (χ3v) is 4.19. The number of para-hydroxylation sites is 1. The maximum absolute atomic E-state index is 12.3. The number of fused-ring (bicyclic) bond motifs is 1. The quantitative estimate of drug-likeness (QED) is 0.880. The van der Waals surface area contributed by atoms with Crippen LogP contribution < -0.4 is 10.2 Å². The van der Waals surface area contributed by atoms with Gasteiger partial charge in [-0.15, -0.1) is 0 Å². The van der Waals surface area contributed by atoms with E-state index in [1.807, 2.05) is 48.5 Å². The van der Waals surface area contributed by atoms with Crippen LogP contribution in [0.3, 0.4) is 0 Å². The topological polar surface area (TPSA) is 49.4 Å². The summed E-state index contributed by atoms with van der Waals surface area (Å²) in [5, 5.41) is 3.37. The Labute approximate surface area is 140 Å². The third-order valence-electron chi connectivity index (χ3n) is 3.94. The number of nitrogens with zero attached hydrogens (tertiary/aromatic N) is 1. The number of carbonyl (C=O) groups is 2. The fourth-order valence-corrected chi connectivity index (χ4v) is 2.84. The molecule has 23 heavy (non-hydrogen) atoms. The molecule has 4 nitrogen and oxygen atoms in total. The molecule has 0 atom stereocenters.